The highest BCUT2D eigenvalue weighted by Crippen LogP contribution is 2.13. The highest BCUT2D eigenvalue weighted by atomic mass is 35.5. The Morgan fingerprint density at radius 2 is 1.82 bits per heavy atom. The normalized spacial score (nSPS) is 10.3. The molecule has 0 saturated heterocycles. The van der Waals surface area contributed by atoms with E-state index in [1.54, 1.807) is 24.3 Å². The zero-order valence-electron chi connectivity index (χ0n) is 11.6. The zero-order valence-corrected chi connectivity index (χ0v) is 13.1. The van der Waals surface area contributed by atoms with Gasteiger partial charge in [0.05, 0.1) is 11.6 Å². The largest absolute Gasteiger partial charge is 0.326 e. The summed E-state index contributed by atoms with van der Waals surface area (Å²) in [5, 5.41) is 2.84. The van der Waals surface area contributed by atoms with Crippen LogP contribution in [-0.2, 0) is 11.3 Å². The minimum atomic E-state index is -0.478. The van der Waals surface area contributed by atoms with Gasteiger partial charge in [0.1, 0.15) is 5.02 Å². The third-order valence-corrected chi connectivity index (χ3v) is 3.33. The Balaban J connectivity index is 2.19. The second-order valence-electron chi connectivity index (χ2n) is 4.62. The fraction of sp³-hybridized carbons (Fsp3) is 0.133. The van der Waals surface area contributed by atoms with Gasteiger partial charge in [-0.15, -0.1) is 0 Å². The van der Waals surface area contributed by atoms with Crippen molar-refractivity contribution in [1.29, 1.82) is 0 Å². The number of anilines is 1. The highest BCUT2D eigenvalue weighted by molar-refractivity contribution is 6.34. The first-order chi connectivity index (χ1) is 10.4. The van der Waals surface area contributed by atoms with Gasteiger partial charge in [0.15, 0.2) is 5.78 Å². The monoisotopic (exact) mass is 338 g/mol. The second-order valence-corrected chi connectivity index (χ2v) is 5.46. The van der Waals surface area contributed by atoms with Gasteiger partial charge in [-0.1, -0.05) is 23.2 Å². The first kappa shape index (κ1) is 16.3. The molecule has 0 aliphatic heterocycles. The van der Waals surface area contributed by atoms with Crippen molar-refractivity contribution in [2.24, 2.45) is 0 Å². The van der Waals surface area contributed by atoms with Crippen LogP contribution in [0.15, 0.2) is 41.3 Å². The number of amides is 1. The number of nitrogens with zero attached hydrogens (tertiary/aromatic N) is 1. The van der Waals surface area contributed by atoms with Crippen molar-refractivity contribution in [2.45, 2.75) is 13.5 Å². The van der Waals surface area contributed by atoms with E-state index in [4.69, 9.17) is 23.2 Å². The second kappa shape index (κ2) is 6.77. The number of Topliss-reactive ketones (excluding diaryl/α,β-unsaturated/α-hetero) is 1. The summed E-state index contributed by atoms with van der Waals surface area (Å²) in [5.74, 6) is -0.464. The summed E-state index contributed by atoms with van der Waals surface area (Å²) < 4.78 is 1.16. The van der Waals surface area contributed by atoms with Crippen LogP contribution in [0.25, 0.3) is 0 Å². The maximum absolute atomic E-state index is 12.2. The molecule has 0 unspecified atom stereocenters. The lowest BCUT2D eigenvalue weighted by molar-refractivity contribution is -0.114. The molecule has 0 fully saturated rings. The van der Waals surface area contributed by atoms with Crippen LogP contribution in [-0.4, -0.2) is 16.3 Å². The van der Waals surface area contributed by atoms with Crippen molar-refractivity contribution in [2.75, 3.05) is 5.32 Å². The Morgan fingerprint density at radius 1 is 1.18 bits per heavy atom. The van der Waals surface area contributed by atoms with Crippen molar-refractivity contribution in [3.05, 3.63) is 62.5 Å². The molecule has 114 valence electrons. The number of aromatic nitrogens is 1. The van der Waals surface area contributed by atoms with E-state index < -0.39 is 5.56 Å². The summed E-state index contributed by atoms with van der Waals surface area (Å²) in [6, 6.07) is 7.70. The number of rotatable bonds is 4. The third kappa shape index (κ3) is 3.96. The molecule has 1 amide bonds. The number of nitrogens with one attached hydrogen (secondary N) is 1. The number of halogens is 2. The number of ketones is 1. The lowest BCUT2D eigenvalue weighted by Crippen LogP contribution is -2.24. The van der Waals surface area contributed by atoms with Gasteiger partial charge < -0.3 is 9.88 Å². The lowest BCUT2D eigenvalue weighted by atomic mass is 10.1. The van der Waals surface area contributed by atoms with Crippen LogP contribution in [0.2, 0.25) is 10.0 Å². The molecule has 1 aromatic heterocycles. The Morgan fingerprint density at radius 3 is 2.41 bits per heavy atom. The minimum absolute atomic E-state index is 0.0405. The molecule has 5 nitrogen and oxygen atoms in total. The molecule has 22 heavy (non-hydrogen) atoms. The van der Waals surface area contributed by atoms with E-state index in [1.165, 1.54) is 19.2 Å². The van der Waals surface area contributed by atoms with Gasteiger partial charge in [0.25, 0.3) is 5.56 Å². The van der Waals surface area contributed by atoms with E-state index in [9.17, 15) is 14.4 Å². The molecule has 2 aromatic rings. The van der Waals surface area contributed by atoms with Crippen molar-refractivity contribution < 1.29 is 9.59 Å². The molecule has 0 bridgehead atoms. The SMILES string of the molecule is CC(=O)Nc1ccc(C(=O)Cn2cc(Cl)cc(Cl)c2=O)cc1. The topological polar surface area (TPSA) is 68.2 Å². The van der Waals surface area contributed by atoms with Crippen LogP contribution in [0, 0.1) is 0 Å². The Bertz CT molecular complexity index is 782. The van der Waals surface area contributed by atoms with Crippen LogP contribution in [0.1, 0.15) is 17.3 Å². The average molecular weight is 339 g/mol. The molecule has 0 radical (unpaired) electrons. The fourth-order valence-corrected chi connectivity index (χ4v) is 2.38. The van der Waals surface area contributed by atoms with E-state index in [2.05, 4.69) is 5.32 Å². The summed E-state index contributed by atoms with van der Waals surface area (Å²) >= 11 is 11.6. The van der Waals surface area contributed by atoms with Crippen molar-refractivity contribution in [3.8, 4) is 0 Å². The maximum atomic E-state index is 12.2. The number of hydrogen-bond acceptors (Lipinski definition) is 3. The van der Waals surface area contributed by atoms with Crippen LogP contribution in [0.3, 0.4) is 0 Å². The van der Waals surface area contributed by atoms with Crippen LogP contribution in [0.4, 0.5) is 5.69 Å². The van der Waals surface area contributed by atoms with E-state index in [0.29, 0.717) is 11.3 Å². The molecule has 2 rings (SSSR count). The number of benzene rings is 1. The van der Waals surface area contributed by atoms with Gasteiger partial charge in [-0.05, 0) is 30.3 Å². The standard InChI is InChI=1S/C15H12Cl2N2O3/c1-9(20)18-12-4-2-10(3-5-12)14(21)8-19-7-11(16)6-13(17)15(19)22/h2-7H,8H2,1H3,(H,18,20). The molecule has 0 spiro atoms. The van der Waals surface area contributed by atoms with E-state index in [1.807, 2.05) is 0 Å². The average Bonchev–Trinajstić information content (AvgIpc) is 2.44. The summed E-state index contributed by atoms with van der Waals surface area (Å²) in [7, 11) is 0. The molecule has 0 aliphatic rings. The van der Waals surface area contributed by atoms with Crippen molar-refractivity contribution in [1.82, 2.24) is 4.57 Å². The van der Waals surface area contributed by atoms with Crippen LogP contribution < -0.4 is 10.9 Å². The summed E-state index contributed by atoms with van der Waals surface area (Å²) in [4.78, 5) is 35.0. The fourth-order valence-electron chi connectivity index (χ4n) is 1.87. The third-order valence-electron chi connectivity index (χ3n) is 2.85. The number of carbonyl (C=O) groups is 2. The predicted molar refractivity (Wildman–Crippen MR) is 85.8 cm³/mol. The van der Waals surface area contributed by atoms with Gasteiger partial charge in [-0.3, -0.25) is 14.4 Å². The molecule has 1 heterocycles. The molecule has 0 aliphatic carbocycles. The number of carbonyl (C=O) groups excluding carboxylic acids is 2. The molecule has 7 heteroatoms. The molecule has 1 aromatic carbocycles. The summed E-state index contributed by atoms with van der Waals surface area (Å²) in [5.41, 5.74) is 0.526. The smallest absolute Gasteiger partial charge is 0.269 e. The lowest BCUT2D eigenvalue weighted by Gasteiger charge is -2.07. The molecular formula is C15H12Cl2N2O3. The number of pyridine rings is 1. The van der Waals surface area contributed by atoms with Gasteiger partial charge in [0, 0.05) is 24.4 Å². The summed E-state index contributed by atoms with van der Waals surface area (Å²) in [6.45, 7) is 1.23. The Kier molecular flexibility index (Phi) is 5.00. The van der Waals surface area contributed by atoms with Gasteiger partial charge in [0.2, 0.25) is 5.91 Å². The zero-order chi connectivity index (χ0) is 16.3. The van der Waals surface area contributed by atoms with Crippen molar-refractivity contribution in [3.63, 3.8) is 0 Å². The van der Waals surface area contributed by atoms with Crippen molar-refractivity contribution >= 4 is 40.6 Å². The molecule has 0 atom stereocenters. The minimum Gasteiger partial charge on any atom is -0.326 e. The molecule has 0 saturated carbocycles. The quantitative estimate of drug-likeness (QED) is 0.871. The number of hydrogen-bond donors (Lipinski definition) is 1. The van der Waals surface area contributed by atoms with Gasteiger partial charge >= 0.3 is 0 Å². The van der Waals surface area contributed by atoms with Gasteiger partial charge in [-0.25, -0.2) is 0 Å². The van der Waals surface area contributed by atoms with E-state index >= 15 is 0 Å². The van der Waals surface area contributed by atoms with E-state index in [-0.39, 0.29) is 28.3 Å². The first-order valence-corrected chi connectivity index (χ1v) is 7.09. The van der Waals surface area contributed by atoms with Crippen LogP contribution in [0.5, 0.6) is 0 Å². The Hall–Kier alpha value is -2.11. The maximum Gasteiger partial charge on any atom is 0.269 e. The summed E-state index contributed by atoms with van der Waals surface area (Å²) in [6.07, 6.45) is 1.36. The highest BCUT2D eigenvalue weighted by Gasteiger charge is 2.10. The Labute approximate surface area is 136 Å². The van der Waals surface area contributed by atoms with Gasteiger partial charge in [-0.2, -0.15) is 0 Å². The predicted octanol–water partition coefficient (Wildman–Crippen LogP) is 3.00. The molecule has 1 N–H and O–H groups in total. The van der Waals surface area contributed by atoms with E-state index in [0.717, 1.165) is 4.57 Å². The first-order valence-electron chi connectivity index (χ1n) is 6.33. The molecular weight excluding hydrogens is 327 g/mol. The van der Waals surface area contributed by atoms with Crippen LogP contribution >= 0.6 is 23.2 Å².